The van der Waals surface area contributed by atoms with Crippen LogP contribution in [0.5, 0.6) is 0 Å². The Morgan fingerprint density at radius 2 is 1.61 bits per heavy atom. The highest BCUT2D eigenvalue weighted by Gasteiger charge is 2.54. The van der Waals surface area contributed by atoms with E-state index < -0.39 is 5.54 Å². The average molecular weight is 377 g/mol. The molecule has 2 aromatic carbocycles. The second-order valence-corrected chi connectivity index (χ2v) is 8.21. The normalized spacial score (nSPS) is 21.1. The van der Waals surface area contributed by atoms with E-state index >= 15 is 0 Å². The zero-order valence-corrected chi connectivity index (χ0v) is 16.7. The molecule has 0 spiro atoms. The first kappa shape index (κ1) is 18.7. The minimum Gasteiger partial charge on any atom is -0.324 e. The Morgan fingerprint density at radius 3 is 2.21 bits per heavy atom. The second-order valence-electron chi connectivity index (χ2n) is 8.21. The molecule has 4 heteroatoms. The fraction of sp³-hybridized carbons (Fsp3) is 0.417. The number of carbonyl (C=O) groups excluding carboxylic acids is 2. The van der Waals surface area contributed by atoms with Gasteiger partial charge in [-0.1, -0.05) is 67.8 Å². The molecular weight excluding hydrogens is 348 g/mol. The maximum Gasteiger partial charge on any atom is 0.250 e. The van der Waals surface area contributed by atoms with Crippen LogP contribution in [0.15, 0.2) is 48.5 Å². The molecule has 0 radical (unpaired) electrons. The first-order valence-electron chi connectivity index (χ1n) is 10.3. The summed E-state index contributed by atoms with van der Waals surface area (Å²) in [6.07, 6.45) is 5.04. The summed E-state index contributed by atoms with van der Waals surface area (Å²) in [6, 6.07) is 16.1. The molecule has 2 amide bonds. The SMILES string of the molecule is Cc1cccc(C)c1NC(=O)C1(N2C(=O)C[C@@H]2c2ccccc2)CCCCC1. The number of hydrogen-bond donors (Lipinski definition) is 1. The smallest absolute Gasteiger partial charge is 0.250 e. The van der Waals surface area contributed by atoms with E-state index in [9.17, 15) is 9.59 Å². The van der Waals surface area contributed by atoms with Gasteiger partial charge >= 0.3 is 0 Å². The lowest BCUT2D eigenvalue weighted by molar-refractivity contribution is -0.166. The van der Waals surface area contributed by atoms with Crippen molar-refractivity contribution in [1.29, 1.82) is 0 Å². The Morgan fingerprint density at radius 1 is 0.964 bits per heavy atom. The van der Waals surface area contributed by atoms with Crippen LogP contribution >= 0.6 is 0 Å². The summed E-state index contributed by atoms with van der Waals surface area (Å²) in [5.74, 6) is 0.0611. The molecule has 28 heavy (non-hydrogen) atoms. The van der Waals surface area contributed by atoms with E-state index in [-0.39, 0.29) is 17.9 Å². The number of carbonyl (C=O) groups is 2. The lowest BCUT2D eigenvalue weighted by Crippen LogP contribution is -2.65. The Balaban J connectivity index is 1.68. The van der Waals surface area contributed by atoms with Crippen LogP contribution < -0.4 is 5.32 Å². The van der Waals surface area contributed by atoms with Crippen molar-refractivity contribution in [1.82, 2.24) is 4.90 Å². The maximum atomic E-state index is 13.6. The molecule has 1 N–H and O–H groups in total. The minimum absolute atomic E-state index is 0.00415. The number of hydrogen-bond acceptors (Lipinski definition) is 2. The molecule has 4 nitrogen and oxygen atoms in total. The minimum atomic E-state index is -0.747. The standard InChI is InChI=1S/C24H28N2O2/c1-17-10-9-11-18(2)22(17)25-23(28)24(14-7-4-8-15-24)26-20(16-21(26)27)19-12-5-3-6-13-19/h3,5-6,9-13,20H,4,7-8,14-16H2,1-2H3,(H,25,28)/t20-/m1/s1. The molecule has 1 heterocycles. The topological polar surface area (TPSA) is 49.4 Å². The van der Waals surface area contributed by atoms with Crippen LogP contribution in [0.25, 0.3) is 0 Å². The number of β-lactam (4-membered cyclic amide) rings is 1. The Kier molecular flexibility index (Phi) is 4.96. The van der Waals surface area contributed by atoms with Crippen molar-refractivity contribution in [3.8, 4) is 0 Å². The number of benzene rings is 2. The number of likely N-dealkylation sites (tertiary alicyclic amines) is 1. The average Bonchev–Trinajstić information content (AvgIpc) is 2.70. The van der Waals surface area contributed by atoms with Crippen molar-refractivity contribution in [3.63, 3.8) is 0 Å². The summed E-state index contributed by atoms with van der Waals surface area (Å²) in [5.41, 5.74) is 3.35. The number of anilines is 1. The molecule has 1 saturated heterocycles. The molecular formula is C24H28N2O2. The van der Waals surface area contributed by atoms with Gasteiger partial charge in [0.2, 0.25) is 11.8 Å². The molecule has 1 atom stereocenters. The van der Waals surface area contributed by atoms with Crippen LogP contribution in [-0.2, 0) is 9.59 Å². The lowest BCUT2D eigenvalue weighted by Gasteiger charge is -2.54. The maximum absolute atomic E-state index is 13.6. The van der Waals surface area contributed by atoms with Gasteiger partial charge in [-0.05, 0) is 43.4 Å². The van der Waals surface area contributed by atoms with Gasteiger partial charge in [-0.3, -0.25) is 9.59 Å². The van der Waals surface area contributed by atoms with Gasteiger partial charge in [0, 0.05) is 5.69 Å². The van der Waals surface area contributed by atoms with Crippen LogP contribution in [0.4, 0.5) is 5.69 Å². The van der Waals surface area contributed by atoms with E-state index in [2.05, 4.69) is 17.4 Å². The monoisotopic (exact) mass is 376 g/mol. The molecule has 1 aliphatic heterocycles. The quantitative estimate of drug-likeness (QED) is 0.770. The van der Waals surface area contributed by atoms with Crippen LogP contribution in [0, 0.1) is 13.8 Å². The summed E-state index contributed by atoms with van der Waals surface area (Å²) in [4.78, 5) is 28.3. The lowest BCUT2D eigenvalue weighted by atomic mass is 9.74. The van der Waals surface area contributed by atoms with E-state index in [0.29, 0.717) is 6.42 Å². The van der Waals surface area contributed by atoms with Crippen LogP contribution in [-0.4, -0.2) is 22.3 Å². The fourth-order valence-electron chi connectivity index (χ4n) is 4.85. The van der Waals surface area contributed by atoms with E-state index in [4.69, 9.17) is 0 Å². The third kappa shape index (κ3) is 3.11. The Labute approximate surface area is 166 Å². The molecule has 1 aliphatic carbocycles. The summed E-state index contributed by atoms with van der Waals surface area (Å²) >= 11 is 0. The zero-order valence-electron chi connectivity index (χ0n) is 16.7. The molecule has 0 aromatic heterocycles. The van der Waals surface area contributed by atoms with Gasteiger partial charge in [0.15, 0.2) is 0 Å². The molecule has 4 rings (SSSR count). The fourth-order valence-corrected chi connectivity index (χ4v) is 4.85. The first-order chi connectivity index (χ1) is 13.5. The molecule has 2 aromatic rings. The third-order valence-corrected chi connectivity index (χ3v) is 6.42. The van der Waals surface area contributed by atoms with Crippen molar-refractivity contribution < 1.29 is 9.59 Å². The van der Waals surface area contributed by atoms with Crippen molar-refractivity contribution in [2.45, 2.75) is 64.0 Å². The molecule has 1 saturated carbocycles. The largest absolute Gasteiger partial charge is 0.324 e. The Hall–Kier alpha value is -2.62. The third-order valence-electron chi connectivity index (χ3n) is 6.42. The first-order valence-corrected chi connectivity index (χ1v) is 10.3. The van der Waals surface area contributed by atoms with Gasteiger partial charge in [0.25, 0.3) is 0 Å². The van der Waals surface area contributed by atoms with Crippen molar-refractivity contribution in [2.75, 3.05) is 5.32 Å². The number of aryl methyl sites for hydroxylation is 2. The van der Waals surface area contributed by atoms with Gasteiger partial charge < -0.3 is 10.2 Å². The van der Waals surface area contributed by atoms with Gasteiger partial charge in [0.05, 0.1) is 12.5 Å². The van der Waals surface area contributed by atoms with Crippen LogP contribution in [0.1, 0.15) is 61.3 Å². The molecule has 0 unspecified atom stereocenters. The van der Waals surface area contributed by atoms with Gasteiger partial charge in [-0.15, -0.1) is 0 Å². The van der Waals surface area contributed by atoms with Gasteiger partial charge in [-0.25, -0.2) is 0 Å². The van der Waals surface area contributed by atoms with E-state index in [1.165, 1.54) is 0 Å². The molecule has 2 aliphatic rings. The zero-order chi connectivity index (χ0) is 19.7. The summed E-state index contributed by atoms with van der Waals surface area (Å²) < 4.78 is 0. The second kappa shape index (κ2) is 7.42. The van der Waals surface area contributed by atoms with Gasteiger partial charge in [-0.2, -0.15) is 0 Å². The highest BCUT2D eigenvalue weighted by atomic mass is 16.2. The highest BCUT2D eigenvalue weighted by molar-refractivity contribution is 6.02. The predicted octanol–water partition coefficient (Wildman–Crippen LogP) is 4.92. The van der Waals surface area contributed by atoms with Gasteiger partial charge in [0.1, 0.15) is 5.54 Å². The van der Waals surface area contributed by atoms with E-state index in [1.807, 2.05) is 55.1 Å². The number of rotatable bonds is 4. The van der Waals surface area contributed by atoms with Crippen LogP contribution in [0.2, 0.25) is 0 Å². The van der Waals surface area contributed by atoms with E-state index in [1.54, 1.807) is 0 Å². The number of para-hydroxylation sites is 1. The van der Waals surface area contributed by atoms with Crippen molar-refractivity contribution in [2.24, 2.45) is 0 Å². The summed E-state index contributed by atoms with van der Waals surface area (Å²) in [6.45, 7) is 4.02. The Bertz CT molecular complexity index is 864. The molecule has 146 valence electrons. The van der Waals surface area contributed by atoms with Crippen molar-refractivity contribution >= 4 is 17.5 Å². The number of nitrogens with zero attached hydrogens (tertiary/aromatic N) is 1. The van der Waals surface area contributed by atoms with Crippen LogP contribution in [0.3, 0.4) is 0 Å². The van der Waals surface area contributed by atoms with E-state index in [0.717, 1.165) is 54.5 Å². The highest BCUT2D eigenvalue weighted by Crippen LogP contribution is 2.47. The number of nitrogens with one attached hydrogen (secondary N) is 1. The summed E-state index contributed by atoms with van der Waals surface area (Å²) in [5, 5.41) is 3.20. The molecule has 2 fully saturated rings. The summed E-state index contributed by atoms with van der Waals surface area (Å²) in [7, 11) is 0. The molecule has 0 bridgehead atoms. The predicted molar refractivity (Wildman–Crippen MR) is 111 cm³/mol. The number of amides is 2. The van der Waals surface area contributed by atoms with Crippen molar-refractivity contribution in [3.05, 3.63) is 65.2 Å².